The summed E-state index contributed by atoms with van der Waals surface area (Å²) in [4.78, 5) is 25.8. The summed E-state index contributed by atoms with van der Waals surface area (Å²) < 4.78 is 47.8. The van der Waals surface area contributed by atoms with E-state index in [4.69, 9.17) is 4.42 Å². The molecule has 3 aromatic rings. The van der Waals surface area contributed by atoms with Gasteiger partial charge in [0.25, 0.3) is 5.91 Å². The molecule has 10 heteroatoms. The number of halogens is 1. The molecule has 0 saturated carbocycles. The SMILES string of the molecule is CCn1c(=O)oc2cc(S(=O)(=O)N3CCN(C(=O)c4ccccc4F)CC3)ccc21. The average molecular weight is 433 g/mol. The second-order valence-electron chi connectivity index (χ2n) is 6.92. The number of fused-ring (bicyclic) bond motifs is 1. The Labute approximate surface area is 172 Å². The Morgan fingerprint density at radius 3 is 2.47 bits per heavy atom. The highest BCUT2D eigenvalue weighted by atomic mass is 32.2. The van der Waals surface area contributed by atoms with Gasteiger partial charge in [-0.25, -0.2) is 17.6 Å². The third kappa shape index (κ3) is 3.41. The summed E-state index contributed by atoms with van der Waals surface area (Å²) in [5.74, 6) is -1.61. The molecule has 1 saturated heterocycles. The van der Waals surface area contributed by atoms with Crippen LogP contribution in [0.2, 0.25) is 0 Å². The number of hydrogen-bond donors (Lipinski definition) is 0. The summed E-state index contributed by atoms with van der Waals surface area (Å²) in [7, 11) is -3.84. The van der Waals surface area contributed by atoms with Gasteiger partial charge in [-0.2, -0.15) is 4.31 Å². The first kappa shape index (κ1) is 20.3. The van der Waals surface area contributed by atoms with Gasteiger partial charge in [0.1, 0.15) is 5.82 Å². The highest BCUT2D eigenvalue weighted by Crippen LogP contribution is 2.23. The molecule has 158 valence electrons. The summed E-state index contributed by atoms with van der Waals surface area (Å²) >= 11 is 0. The quantitative estimate of drug-likeness (QED) is 0.627. The highest BCUT2D eigenvalue weighted by molar-refractivity contribution is 7.89. The van der Waals surface area contributed by atoms with Gasteiger partial charge in [-0.3, -0.25) is 9.36 Å². The Morgan fingerprint density at radius 1 is 1.10 bits per heavy atom. The summed E-state index contributed by atoms with van der Waals surface area (Å²) in [6, 6.07) is 10.0. The van der Waals surface area contributed by atoms with Crippen LogP contribution in [0.4, 0.5) is 4.39 Å². The standard InChI is InChI=1S/C20H20FN3O5S/c1-2-24-17-8-7-14(13-18(17)29-20(24)26)30(27,28)23-11-9-22(10-12-23)19(25)15-5-3-4-6-16(15)21/h3-8,13H,2,9-12H2,1H3. The molecule has 0 radical (unpaired) electrons. The topological polar surface area (TPSA) is 92.8 Å². The van der Waals surface area contributed by atoms with Crippen molar-refractivity contribution in [1.29, 1.82) is 0 Å². The summed E-state index contributed by atoms with van der Waals surface area (Å²) in [6.45, 7) is 2.67. The Kier molecular flexibility index (Phi) is 5.20. The fourth-order valence-corrected chi connectivity index (χ4v) is 5.03. The monoisotopic (exact) mass is 433 g/mol. The van der Waals surface area contributed by atoms with E-state index in [1.165, 1.54) is 44.1 Å². The van der Waals surface area contributed by atoms with Gasteiger partial charge in [0, 0.05) is 38.8 Å². The predicted molar refractivity (Wildman–Crippen MR) is 107 cm³/mol. The molecule has 0 aliphatic carbocycles. The van der Waals surface area contributed by atoms with Crippen LogP contribution >= 0.6 is 0 Å². The number of carbonyl (C=O) groups excluding carboxylic acids is 1. The lowest BCUT2D eigenvalue weighted by molar-refractivity contribution is 0.0693. The fraction of sp³-hybridized carbons (Fsp3) is 0.300. The molecular formula is C20H20FN3O5S. The smallest absolute Gasteiger partial charge is 0.408 e. The van der Waals surface area contributed by atoms with Crippen LogP contribution in [0.3, 0.4) is 0 Å². The lowest BCUT2D eigenvalue weighted by Gasteiger charge is -2.34. The molecule has 0 spiro atoms. The minimum absolute atomic E-state index is 0.0147. The van der Waals surface area contributed by atoms with Crippen molar-refractivity contribution in [3.05, 3.63) is 64.4 Å². The number of rotatable bonds is 4. The van der Waals surface area contributed by atoms with E-state index in [0.717, 1.165) is 0 Å². The van der Waals surface area contributed by atoms with Crippen LogP contribution in [0.25, 0.3) is 11.1 Å². The van der Waals surface area contributed by atoms with E-state index in [0.29, 0.717) is 12.1 Å². The van der Waals surface area contributed by atoms with Gasteiger partial charge in [0.05, 0.1) is 16.0 Å². The Morgan fingerprint density at radius 2 is 1.80 bits per heavy atom. The molecule has 1 aliphatic rings. The molecule has 0 unspecified atom stereocenters. The Balaban J connectivity index is 1.53. The number of amides is 1. The number of sulfonamides is 1. The zero-order valence-electron chi connectivity index (χ0n) is 16.2. The van der Waals surface area contributed by atoms with E-state index in [9.17, 15) is 22.4 Å². The van der Waals surface area contributed by atoms with Crippen molar-refractivity contribution in [1.82, 2.24) is 13.8 Å². The zero-order valence-corrected chi connectivity index (χ0v) is 17.1. The molecular weight excluding hydrogens is 413 g/mol. The second kappa shape index (κ2) is 7.69. The van der Waals surface area contributed by atoms with Gasteiger partial charge in [-0.05, 0) is 31.2 Å². The normalized spacial score (nSPS) is 15.6. The molecule has 1 aromatic heterocycles. The second-order valence-corrected chi connectivity index (χ2v) is 8.86. The number of aryl methyl sites for hydroxylation is 1. The zero-order chi connectivity index (χ0) is 21.5. The van der Waals surface area contributed by atoms with E-state index in [1.54, 1.807) is 19.1 Å². The summed E-state index contributed by atoms with van der Waals surface area (Å²) in [5, 5.41) is 0. The Hall–Kier alpha value is -2.98. The van der Waals surface area contributed by atoms with Crippen LogP contribution in [0.5, 0.6) is 0 Å². The number of oxazole rings is 1. The first-order chi connectivity index (χ1) is 14.3. The van der Waals surface area contributed by atoms with Gasteiger partial charge < -0.3 is 9.32 Å². The van der Waals surface area contributed by atoms with Crippen molar-refractivity contribution in [3.63, 3.8) is 0 Å². The van der Waals surface area contributed by atoms with Crippen LogP contribution in [0.15, 0.2) is 56.6 Å². The van der Waals surface area contributed by atoms with Crippen molar-refractivity contribution in [2.75, 3.05) is 26.2 Å². The summed E-state index contributed by atoms with van der Waals surface area (Å²) in [5.41, 5.74) is 0.702. The number of hydrogen-bond acceptors (Lipinski definition) is 5. The van der Waals surface area contributed by atoms with E-state index in [2.05, 4.69) is 0 Å². The Bertz CT molecular complexity index is 1270. The fourth-order valence-electron chi connectivity index (χ4n) is 3.59. The maximum absolute atomic E-state index is 13.9. The van der Waals surface area contributed by atoms with Crippen molar-refractivity contribution in [2.45, 2.75) is 18.4 Å². The van der Waals surface area contributed by atoms with E-state index < -0.39 is 27.5 Å². The lowest BCUT2D eigenvalue weighted by Crippen LogP contribution is -2.50. The molecule has 1 amide bonds. The van der Waals surface area contributed by atoms with Crippen molar-refractivity contribution in [2.24, 2.45) is 0 Å². The minimum atomic E-state index is -3.84. The van der Waals surface area contributed by atoms with Gasteiger partial charge in [0.2, 0.25) is 10.0 Å². The van der Waals surface area contributed by atoms with E-state index in [-0.39, 0.29) is 42.2 Å². The van der Waals surface area contributed by atoms with E-state index >= 15 is 0 Å². The molecule has 0 N–H and O–H groups in total. The van der Waals surface area contributed by atoms with Gasteiger partial charge in [-0.15, -0.1) is 0 Å². The maximum Gasteiger partial charge on any atom is 0.419 e. The predicted octanol–water partition coefficient (Wildman–Crippen LogP) is 1.90. The average Bonchev–Trinajstić information content (AvgIpc) is 3.07. The third-order valence-corrected chi connectivity index (χ3v) is 7.12. The van der Waals surface area contributed by atoms with Gasteiger partial charge in [0.15, 0.2) is 5.58 Å². The number of aromatic nitrogens is 1. The van der Waals surface area contributed by atoms with Crippen molar-refractivity contribution < 1.29 is 22.0 Å². The molecule has 2 heterocycles. The maximum atomic E-state index is 13.9. The van der Waals surface area contributed by atoms with Crippen LogP contribution in [0.1, 0.15) is 17.3 Å². The van der Waals surface area contributed by atoms with E-state index in [1.807, 2.05) is 0 Å². The molecule has 0 bridgehead atoms. The van der Waals surface area contributed by atoms with Gasteiger partial charge in [-0.1, -0.05) is 12.1 Å². The molecule has 2 aromatic carbocycles. The first-order valence-corrected chi connectivity index (χ1v) is 10.9. The molecule has 1 aliphatic heterocycles. The molecule has 0 atom stereocenters. The number of carbonyl (C=O) groups is 1. The van der Waals surface area contributed by atoms with Crippen LogP contribution in [-0.2, 0) is 16.6 Å². The largest absolute Gasteiger partial charge is 0.419 e. The first-order valence-electron chi connectivity index (χ1n) is 9.50. The molecule has 1 fully saturated rings. The minimum Gasteiger partial charge on any atom is -0.408 e. The van der Waals surface area contributed by atoms with Crippen LogP contribution < -0.4 is 5.76 Å². The highest BCUT2D eigenvalue weighted by Gasteiger charge is 2.31. The number of nitrogens with zero attached hydrogens (tertiary/aromatic N) is 3. The third-order valence-electron chi connectivity index (χ3n) is 5.22. The number of piperazine rings is 1. The molecule has 4 rings (SSSR count). The van der Waals surface area contributed by atoms with Crippen LogP contribution in [-0.4, -0.2) is 54.3 Å². The lowest BCUT2D eigenvalue weighted by atomic mass is 10.1. The van der Waals surface area contributed by atoms with Crippen molar-refractivity contribution >= 4 is 27.0 Å². The summed E-state index contributed by atoms with van der Waals surface area (Å²) in [6.07, 6.45) is 0. The number of benzene rings is 2. The van der Waals surface area contributed by atoms with Crippen LogP contribution in [0, 0.1) is 5.82 Å². The molecule has 30 heavy (non-hydrogen) atoms. The van der Waals surface area contributed by atoms with Gasteiger partial charge >= 0.3 is 5.76 Å². The van der Waals surface area contributed by atoms with Crippen molar-refractivity contribution in [3.8, 4) is 0 Å². The molecule has 8 nitrogen and oxygen atoms in total.